The Morgan fingerprint density at radius 1 is 1.20 bits per heavy atom. The maximum Gasteiger partial charge on any atom is 0.243 e. The number of hydrogen-bond acceptors (Lipinski definition) is 4. The number of hydrogen-bond donors (Lipinski definition) is 1. The van der Waals surface area contributed by atoms with Crippen molar-refractivity contribution in [3.8, 4) is 0 Å². The van der Waals surface area contributed by atoms with Gasteiger partial charge in [-0.25, -0.2) is 8.42 Å². The second kappa shape index (κ2) is 5.35. The molecule has 2 bridgehead atoms. The first-order valence-electron chi connectivity index (χ1n) is 7.09. The fourth-order valence-electron chi connectivity index (χ4n) is 2.87. The molecule has 1 N–H and O–H groups in total. The van der Waals surface area contributed by atoms with Crippen molar-refractivity contribution in [3.05, 3.63) is 24.3 Å². The van der Waals surface area contributed by atoms with Crippen LogP contribution in [0.25, 0.3) is 0 Å². The molecular weight excluding hydrogens is 276 g/mol. The summed E-state index contributed by atoms with van der Waals surface area (Å²) in [5, 5.41) is 3.16. The highest BCUT2D eigenvalue weighted by molar-refractivity contribution is 7.89. The van der Waals surface area contributed by atoms with Crippen molar-refractivity contribution in [1.29, 1.82) is 0 Å². The van der Waals surface area contributed by atoms with Crippen molar-refractivity contribution in [2.24, 2.45) is 0 Å². The number of nitrogens with zero attached hydrogens (tertiary/aromatic N) is 1. The lowest BCUT2D eigenvalue weighted by molar-refractivity contribution is -0.0114. The molecule has 2 unspecified atom stereocenters. The third-order valence-corrected chi connectivity index (χ3v) is 5.73. The molecule has 0 radical (unpaired) electrons. The molecule has 0 spiro atoms. The van der Waals surface area contributed by atoms with E-state index in [2.05, 4.69) is 5.32 Å². The van der Waals surface area contributed by atoms with Gasteiger partial charge in [-0.15, -0.1) is 0 Å². The van der Waals surface area contributed by atoms with Crippen LogP contribution in [0.2, 0.25) is 0 Å². The summed E-state index contributed by atoms with van der Waals surface area (Å²) in [6.07, 6.45) is 2.08. The average Bonchev–Trinajstić information content (AvgIpc) is 2.78. The number of sulfonamides is 1. The van der Waals surface area contributed by atoms with Crippen LogP contribution in [0.15, 0.2) is 29.2 Å². The Kier molecular flexibility index (Phi) is 3.70. The molecule has 0 saturated carbocycles. The predicted molar refractivity (Wildman–Crippen MR) is 77.3 cm³/mol. The topological polar surface area (TPSA) is 58.6 Å². The van der Waals surface area contributed by atoms with Crippen LogP contribution in [-0.4, -0.2) is 44.6 Å². The van der Waals surface area contributed by atoms with Crippen molar-refractivity contribution in [2.75, 3.05) is 25.0 Å². The zero-order valence-corrected chi connectivity index (χ0v) is 12.4. The molecule has 3 rings (SSSR count). The lowest BCUT2D eigenvalue weighted by atomic mass is 10.2. The van der Waals surface area contributed by atoms with Gasteiger partial charge in [-0.3, -0.25) is 0 Å². The van der Waals surface area contributed by atoms with Crippen molar-refractivity contribution < 1.29 is 13.2 Å². The van der Waals surface area contributed by atoms with E-state index in [0.29, 0.717) is 18.0 Å². The summed E-state index contributed by atoms with van der Waals surface area (Å²) in [6.45, 7) is 3.79. The Labute approximate surface area is 120 Å². The molecule has 2 aliphatic heterocycles. The van der Waals surface area contributed by atoms with Gasteiger partial charge in [-0.1, -0.05) is 0 Å². The molecule has 1 aromatic rings. The molecule has 1 aromatic carbocycles. The third kappa shape index (κ3) is 2.55. The average molecular weight is 296 g/mol. The molecule has 0 amide bonds. The van der Waals surface area contributed by atoms with E-state index in [0.717, 1.165) is 25.1 Å². The van der Waals surface area contributed by atoms with E-state index < -0.39 is 10.0 Å². The molecule has 5 nitrogen and oxygen atoms in total. The van der Waals surface area contributed by atoms with Crippen molar-refractivity contribution >= 4 is 15.7 Å². The highest BCUT2D eigenvalue weighted by atomic mass is 32.2. The van der Waals surface area contributed by atoms with E-state index in [-0.39, 0.29) is 12.2 Å². The highest BCUT2D eigenvalue weighted by Gasteiger charge is 2.39. The molecule has 2 heterocycles. The zero-order chi connectivity index (χ0) is 14.2. The van der Waals surface area contributed by atoms with Crippen LogP contribution in [0, 0.1) is 0 Å². The monoisotopic (exact) mass is 296 g/mol. The van der Waals surface area contributed by atoms with Crippen molar-refractivity contribution in [1.82, 2.24) is 4.31 Å². The van der Waals surface area contributed by atoms with Gasteiger partial charge in [0, 0.05) is 25.3 Å². The van der Waals surface area contributed by atoms with Gasteiger partial charge in [0.05, 0.1) is 17.1 Å². The van der Waals surface area contributed by atoms with Crippen LogP contribution in [-0.2, 0) is 14.8 Å². The van der Waals surface area contributed by atoms with Crippen LogP contribution in [0.5, 0.6) is 0 Å². The molecule has 2 atom stereocenters. The van der Waals surface area contributed by atoms with E-state index in [1.807, 2.05) is 19.1 Å². The van der Waals surface area contributed by atoms with Gasteiger partial charge >= 0.3 is 0 Å². The second-order valence-electron chi connectivity index (χ2n) is 5.33. The number of fused-ring (bicyclic) bond motifs is 2. The lowest BCUT2D eigenvalue weighted by Crippen LogP contribution is -2.45. The molecule has 0 aromatic heterocycles. The number of benzene rings is 1. The summed E-state index contributed by atoms with van der Waals surface area (Å²) >= 11 is 0. The quantitative estimate of drug-likeness (QED) is 0.918. The van der Waals surface area contributed by atoms with Gasteiger partial charge in [0.15, 0.2) is 0 Å². The molecule has 2 fully saturated rings. The molecule has 110 valence electrons. The Hall–Kier alpha value is -1.11. The van der Waals surface area contributed by atoms with E-state index in [9.17, 15) is 8.42 Å². The first kappa shape index (κ1) is 13.9. The van der Waals surface area contributed by atoms with Crippen LogP contribution in [0.4, 0.5) is 5.69 Å². The predicted octanol–water partition coefficient (Wildman–Crippen LogP) is 1.67. The number of ether oxygens (including phenoxy) is 1. The first-order chi connectivity index (χ1) is 9.59. The van der Waals surface area contributed by atoms with Gasteiger partial charge in [0.25, 0.3) is 0 Å². The number of morpholine rings is 1. The number of nitrogens with one attached hydrogen (secondary N) is 1. The summed E-state index contributed by atoms with van der Waals surface area (Å²) in [4.78, 5) is 0.362. The zero-order valence-electron chi connectivity index (χ0n) is 11.6. The summed E-state index contributed by atoms with van der Waals surface area (Å²) < 4.78 is 32.5. The molecule has 0 aliphatic carbocycles. The Balaban J connectivity index is 1.80. The molecule has 2 aliphatic rings. The largest absolute Gasteiger partial charge is 0.385 e. The van der Waals surface area contributed by atoms with E-state index in [1.165, 1.54) is 0 Å². The van der Waals surface area contributed by atoms with Crippen molar-refractivity contribution in [3.63, 3.8) is 0 Å². The van der Waals surface area contributed by atoms with Gasteiger partial charge in [0.1, 0.15) is 0 Å². The number of anilines is 1. The first-order valence-corrected chi connectivity index (χ1v) is 8.53. The van der Waals surface area contributed by atoms with Gasteiger partial charge in [-0.2, -0.15) is 4.31 Å². The van der Waals surface area contributed by atoms with Gasteiger partial charge in [0.2, 0.25) is 10.0 Å². The number of rotatable bonds is 4. The van der Waals surface area contributed by atoms with Crippen molar-refractivity contribution in [2.45, 2.75) is 36.9 Å². The van der Waals surface area contributed by atoms with E-state index in [1.54, 1.807) is 16.4 Å². The summed E-state index contributed by atoms with van der Waals surface area (Å²) in [7, 11) is -3.39. The standard InChI is InChI=1S/C14H20N2O3S/c1-2-15-11-3-7-14(8-4-11)20(17,18)16-9-12-5-6-13(10-16)19-12/h3-4,7-8,12-13,15H,2,5-6,9-10H2,1H3. The smallest absolute Gasteiger partial charge is 0.243 e. The Bertz CT molecular complexity index is 559. The van der Waals surface area contributed by atoms with Crippen LogP contribution in [0.1, 0.15) is 19.8 Å². The summed E-state index contributed by atoms with van der Waals surface area (Å²) in [5.74, 6) is 0. The SMILES string of the molecule is CCNc1ccc(S(=O)(=O)N2CC3CCC(C2)O3)cc1. The summed E-state index contributed by atoms with van der Waals surface area (Å²) in [5.41, 5.74) is 0.938. The van der Waals surface area contributed by atoms with Crippen LogP contribution in [0.3, 0.4) is 0 Å². The molecular formula is C14H20N2O3S. The second-order valence-corrected chi connectivity index (χ2v) is 7.27. The Morgan fingerprint density at radius 3 is 2.35 bits per heavy atom. The third-order valence-electron chi connectivity index (χ3n) is 3.88. The fourth-order valence-corrected chi connectivity index (χ4v) is 4.37. The van der Waals surface area contributed by atoms with Gasteiger partial charge < -0.3 is 10.1 Å². The molecule has 6 heteroatoms. The lowest BCUT2D eigenvalue weighted by Gasteiger charge is -2.31. The fraction of sp³-hybridized carbons (Fsp3) is 0.571. The Morgan fingerprint density at radius 2 is 1.80 bits per heavy atom. The highest BCUT2D eigenvalue weighted by Crippen LogP contribution is 2.30. The minimum absolute atomic E-state index is 0.0737. The maximum absolute atomic E-state index is 12.6. The summed E-state index contributed by atoms with van der Waals surface area (Å²) in [6, 6.07) is 6.96. The minimum Gasteiger partial charge on any atom is -0.385 e. The van der Waals surface area contributed by atoms with Crippen LogP contribution < -0.4 is 5.32 Å². The van der Waals surface area contributed by atoms with E-state index >= 15 is 0 Å². The van der Waals surface area contributed by atoms with Crippen LogP contribution >= 0.6 is 0 Å². The van der Waals surface area contributed by atoms with E-state index in [4.69, 9.17) is 4.74 Å². The molecule has 2 saturated heterocycles. The maximum atomic E-state index is 12.6. The molecule has 20 heavy (non-hydrogen) atoms. The minimum atomic E-state index is -3.39. The normalized spacial score (nSPS) is 26.6. The van der Waals surface area contributed by atoms with Gasteiger partial charge in [-0.05, 0) is 44.0 Å².